The number of carbonyl (C=O) groups is 2. The molecule has 0 aliphatic carbocycles. The van der Waals surface area contributed by atoms with Gasteiger partial charge < -0.3 is 10.5 Å². The molecule has 0 aliphatic heterocycles. The second kappa shape index (κ2) is 7.71. The third-order valence-electron chi connectivity index (χ3n) is 2.37. The van der Waals surface area contributed by atoms with Crippen molar-refractivity contribution >= 4 is 23.5 Å². The summed E-state index contributed by atoms with van der Waals surface area (Å²) in [5, 5.41) is 0.650. The van der Waals surface area contributed by atoms with Crippen LogP contribution in [0.25, 0.3) is 0 Å². The molecule has 1 amide bonds. The number of hydrogen-bond acceptors (Lipinski definition) is 3. The van der Waals surface area contributed by atoms with Gasteiger partial charge in [0.15, 0.2) is 0 Å². The third-order valence-corrected chi connectivity index (χ3v) is 2.62. The molecule has 0 heterocycles. The van der Waals surface area contributed by atoms with E-state index < -0.39 is 0 Å². The Hall–Kier alpha value is -1.55. The number of rotatable bonds is 7. The van der Waals surface area contributed by atoms with Crippen molar-refractivity contribution in [3.05, 3.63) is 34.9 Å². The summed E-state index contributed by atoms with van der Waals surface area (Å²) in [5.74, 6) is -0.612. The van der Waals surface area contributed by atoms with Crippen molar-refractivity contribution in [2.45, 2.75) is 32.3 Å². The molecule has 0 bridgehead atoms. The van der Waals surface area contributed by atoms with Gasteiger partial charge >= 0.3 is 5.97 Å². The zero-order valence-electron chi connectivity index (χ0n) is 10.0. The Morgan fingerprint density at radius 3 is 2.33 bits per heavy atom. The number of halogens is 1. The number of primary amides is 1. The predicted molar refractivity (Wildman–Crippen MR) is 68.9 cm³/mol. The van der Waals surface area contributed by atoms with E-state index in [2.05, 4.69) is 0 Å². The zero-order valence-corrected chi connectivity index (χ0v) is 10.8. The summed E-state index contributed by atoms with van der Waals surface area (Å²) in [5.41, 5.74) is 5.88. The minimum absolute atomic E-state index is 0.242. The normalized spacial score (nSPS) is 10.1. The minimum Gasteiger partial charge on any atom is -0.461 e. The van der Waals surface area contributed by atoms with E-state index in [1.807, 2.05) is 12.1 Å². The Morgan fingerprint density at radius 1 is 1.11 bits per heavy atom. The van der Waals surface area contributed by atoms with Gasteiger partial charge in [0.1, 0.15) is 6.61 Å². The molecule has 0 fully saturated rings. The Kier molecular flexibility index (Phi) is 6.22. The Balaban J connectivity index is 2.17. The van der Waals surface area contributed by atoms with E-state index in [0.717, 1.165) is 5.56 Å². The van der Waals surface area contributed by atoms with E-state index in [-0.39, 0.29) is 18.5 Å². The zero-order chi connectivity index (χ0) is 13.4. The quantitative estimate of drug-likeness (QED) is 0.610. The lowest BCUT2D eigenvalue weighted by Crippen LogP contribution is -2.10. The molecule has 0 radical (unpaired) electrons. The van der Waals surface area contributed by atoms with E-state index in [0.29, 0.717) is 30.7 Å². The number of hydrogen-bond donors (Lipinski definition) is 1. The molecule has 98 valence electrons. The van der Waals surface area contributed by atoms with Crippen molar-refractivity contribution in [2.24, 2.45) is 5.73 Å². The van der Waals surface area contributed by atoms with Crippen molar-refractivity contribution in [3.8, 4) is 0 Å². The van der Waals surface area contributed by atoms with Crippen molar-refractivity contribution in [1.82, 2.24) is 0 Å². The Bertz CT molecular complexity index is 403. The Morgan fingerprint density at radius 2 is 1.72 bits per heavy atom. The lowest BCUT2D eigenvalue weighted by Gasteiger charge is -2.04. The first-order chi connectivity index (χ1) is 8.58. The second-order valence-corrected chi connectivity index (χ2v) is 4.40. The van der Waals surface area contributed by atoms with Gasteiger partial charge in [0.05, 0.1) is 0 Å². The van der Waals surface area contributed by atoms with Crippen molar-refractivity contribution in [3.63, 3.8) is 0 Å². The van der Waals surface area contributed by atoms with Gasteiger partial charge in [0.25, 0.3) is 0 Å². The van der Waals surface area contributed by atoms with Crippen LogP contribution in [0, 0.1) is 0 Å². The molecule has 1 aromatic carbocycles. The first kappa shape index (κ1) is 14.5. The highest BCUT2D eigenvalue weighted by molar-refractivity contribution is 6.30. The molecule has 0 spiro atoms. The highest BCUT2D eigenvalue weighted by atomic mass is 35.5. The monoisotopic (exact) mass is 269 g/mol. The van der Waals surface area contributed by atoms with Gasteiger partial charge in [0, 0.05) is 17.9 Å². The molecule has 0 atom stereocenters. The van der Waals surface area contributed by atoms with Crippen LogP contribution in [0.2, 0.25) is 5.02 Å². The van der Waals surface area contributed by atoms with Crippen LogP contribution < -0.4 is 5.73 Å². The molecule has 5 heteroatoms. The number of benzene rings is 1. The molecule has 1 aromatic rings. The molecule has 0 aliphatic rings. The fourth-order valence-corrected chi connectivity index (χ4v) is 1.51. The van der Waals surface area contributed by atoms with Gasteiger partial charge in [-0.2, -0.15) is 0 Å². The van der Waals surface area contributed by atoms with Crippen LogP contribution in [0.1, 0.15) is 31.2 Å². The van der Waals surface area contributed by atoms with Gasteiger partial charge in [-0.1, -0.05) is 23.7 Å². The van der Waals surface area contributed by atoms with Gasteiger partial charge in [-0.15, -0.1) is 0 Å². The summed E-state index contributed by atoms with van der Waals surface area (Å²) in [6.07, 6.45) is 1.85. The lowest BCUT2D eigenvalue weighted by atomic mass is 10.2. The maximum atomic E-state index is 11.4. The summed E-state index contributed by atoms with van der Waals surface area (Å²) >= 11 is 5.74. The number of unbranched alkanes of at least 4 members (excludes halogenated alkanes) is 1. The largest absolute Gasteiger partial charge is 0.461 e. The van der Waals surface area contributed by atoms with Crippen LogP contribution in [0.4, 0.5) is 0 Å². The van der Waals surface area contributed by atoms with Crippen LogP contribution in [-0.2, 0) is 20.9 Å². The topological polar surface area (TPSA) is 69.4 Å². The van der Waals surface area contributed by atoms with Crippen molar-refractivity contribution in [2.75, 3.05) is 0 Å². The van der Waals surface area contributed by atoms with Crippen molar-refractivity contribution in [1.29, 1.82) is 0 Å². The number of esters is 1. The molecule has 2 N–H and O–H groups in total. The van der Waals surface area contributed by atoms with Gasteiger partial charge in [0.2, 0.25) is 5.91 Å². The molecule has 0 aromatic heterocycles. The highest BCUT2D eigenvalue weighted by Crippen LogP contribution is 2.11. The average Bonchev–Trinajstić information content (AvgIpc) is 2.34. The van der Waals surface area contributed by atoms with Gasteiger partial charge in [-0.25, -0.2) is 0 Å². The van der Waals surface area contributed by atoms with Gasteiger partial charge in [-0.05, 0) is 30.5 Å². The Labute approximate surface area is 111 Å². The summed E-state index contributed by atoms with van der Waals surface area (Å²) < 4.78 is 5.08. The lowest BCUT2D eigenvalue weighted by molar-refractivity contribution is -0.145. The van der Waals surface area contributed by atoms with E-state index in [4.69, 9.17) is 22.1 Å². The molecule has 4 nitrogen and oxygen atoms in total. The predicted octanol–water partition coefficient (Wildman–Crippen LogP) is 2.43. The maximum Gasteiger partial charge on any atom is 0.306 e. The number of carbonyl (C=O) groups excluding carboxylic acids is 2. The average molecular weight is 270 g/mol. The van der Waals surface area contributed by atoms with Crippen LogP contribution in [0.3, 0.4) is 0 Å². The standard InChI is InChI=1S/C13H16ClNO3/c14-11-7-5-10(6-8-11)9-18-13(17)4-2-1-3-12(15)16/h5-8H,1-4,9H2,(H2,15,16). The maximum absolute atomic E-state index is 11.4. The van der Waals surface area contributed by atoms with Crippen molar-refractivity contribution < 1.29 is 14.3 Å². The molecular weight excluding hydrogens is 254 g/mol. The molecule has 0 saturated heterocycles. The summed E-state index contributed by atoms with van der Waals surface area (Å²) in [4.78, 5) is 21.8. The van der Waals surface area contributed by atoms with Gasteiger partial charge in [-0.3, -0.25) is 9.59 Å². The fraction of sp³-hybridized carbons (Fsp3) is 0.385. The number of nitrogens with two attached hydrogens (primary N) is 1. The number of ether oxygens (including phenoxy) is 1. The first-order valence-electron chi connectivity index (χ1n) is 5.76. The van der Waals surface area contributed by atoms with E-state index in [9.17, 15) is 9.59 Å². The number of amides is 1. The summed E-state index contributed by atoms with van der Waals surface area (Å²) in [6.45, 7) is 0.242. The van der Waals surface area contributed by atoms with Crippen LogP contribution >= 0.6 is 11.6 Å². The summed E-state index contributed by atoms with van der Waals surface area (Å²) in [6, 6.07) is 7.11. The third kappa shape index (κ3) is 6.25. The van der Waals surface area contributed by atoms with Crippen LogP contribution in [0.15, 0.2) is 24.3 Å². The molecule has 18 heavy (non-hydrogen) atoms. The van der Waals surface area contributed by atoms with Crippen LogP contribution in [-0.4, -0.2) is 11.9 Å². The molecule has 0 unspecified atom stereocenters. The van der Waals surface area contributed by atoms with Crippen LogP contribution in [0.5, 0.6) is 0 Å². The fourth-order valence-electron chi connectivity index (χ4n) is 1.39. The SMILES string of the molecule is NC(=O)CCCCC(=O)OCc1ccc(Cl)cc1. The molecular formula is C13H16ClNO3. The smallest absolute Gasteiger partial charge is 0.306 e. The van der Waals surface area contributed by atoms with E-state index in [1.54, 1.807) is 12.1 Å². The second-order valence-electron chi connectivity index (χ2n) is 3.96. The van der Waals surface area contributed by atoms with E-state index >= 15 is 0 Å². The minimum atomic E-state index is -0.343. The highest BCUT2D eigenvalue weighted by Gasteiger charge is 2.04. The first-order valence-corrected chi connectivity index (χ1v) is 6.14. The van der Waals surface area contributed by atoms with E-state index in [1.165, 1.54) is 0 Å². The molecule has 1 rings (SSSR count). The molecule has 0 saturated carbocycles. The summed E-state index contributed by atoms with van der Waals surface area (Å²) in [7, 11) is 0.